The van der Waals surface area contributed by atoms with E-state index in [0.29, 0.717) is 22.0 Å². The molecule has 1 aliphatic heterocycles. The maximum absolute atomic E-state index is 13.1. The van der Waals surface area contributed by atoms with Crippen LogP contribution >= 0.6 is 35.6 Å². The number of amides is 2. The average Bonchev–Trinajstić information content (AvgIpc) is 3.11. The Kier molecular flexibility index (Phi) is 7.93. The Hall–Kier alpha value is -3.40. The van der Waals surface area contributed by atoms with Gasteiger partial charge in [0.1, 0.15) is 12.4 Å². The molecule has 0 aliphatic carbocycles. The molecular formula is C26H20ClFN2O4S2. The molecule has 2 amide bonds. The van der Waals surface area contributed by atoms with Crippen LogP contribution in [0.4, 0.5) is 4.39 Å². The SMILES string of the molecule is COc1cc(/C=C2\SC(=S)N(NC(=O)c3ccc(C)cc3Cl)C2=O)ccc1OCc1ccc(F)cc1. The number of rotatable bonds is 7. The molecule has 1 N–H and O–H groups in total. The van der Waals surface area contributed by atoms with E-state index in [1.54, 1.807) is 54.6 Å². The maximum Gasteiger partial charge on any atom is 0.285 e. The van der Waals surface area contributed by atoms with Gasteiger partial charge in [0.05, 0.1) is 22.6 Å². The van der Waals surface area contributed by atoms with Gasteiger partial charge in [0, 0.05) is 0 Å². The van der Waals surface area contributed by atoms with E-state index in [9.17, 15) is 14.0 Å². The zero-order chi connectivity index (χ0) is 25.8. The highest BCUT2D eigenvalue weighted by Gasteiger charge is 2.34. The minimum atomic E-state index is -0.540. The monoisotopic (exact) mass is 542 g/mol. The van der Waals surface area contributed by atoms with Crippen LogP contribution in [0.1, 0.15) is 27.0 Å². The zero-order valence-corrected chi connectivity index (χ0v) is 21.6. The van der Waals surface area contributed by atoms with Gasteiger partial charge in [-0.15, -0.1) is 0 Å². The summed E-state index contributed by atoms with van der Waals surface area (Å²) in [5.41, 5.74) is 5.16. The van der Waals surface area contributed by atoms with Crippen molar-refractivity contribution in [2.45, 2.75) is 13.5 Å². The molecule has 1 aliphatic rings. The molecule has 1 fully saturated rings. The summed E-state index contributed by atoms with van der Waals surface area (Å²) in [7, 11) is 1.51. The summed E-state index contributed by atoms with van der Waals surface area (Å²) < 4.78 is 24.5. The number of thioether (sulfide) groups is 1. The van der Waals surface area contributed by atoms with Crippen LogP contribution in [-0.2, 0) is 11.4 Å². The van der Waals surface area contributed by atoms with E-state index in [1.807, 2.05) is 6.92 Å². The minimum Gasteiger partial charge on any atom is -0.493 e. The van der Waals surface area contributed by atoms with Crippen molar-refractivity contribution in [2.75, 3.05) is 7.11 Å². The fraction of sp³-hybridized carbons (Fsp3) is 0.115. The molecule has 0 aromatic heterocycles. The smallest absolute Gasteiger partial charge is 0.285 e. The summed E-state index contributed by atoms with van der Waals surface area (Å²) in [6.45, 7) is 2.10. The molecule has 0 atom stereocenters. The third-order valence-corrected chi connectivity index (χ3v) is 6.78. The van der Waals surface area contributed by atoms with Gasteiger partial charge in [0.25, 0.3) is 11.8 Å². The molecule has 4 rings (SSSR count). The van der Waals surface area contributed by atoms with Crippen LogP contribution in [0.2, 0.25) is 5.02 Å². The van der Waals surface area contributed by atoms with Crippen molar-refractivity contribution in [3.63, 3.8) is 0 Å². The van der Waals surface area contributed by atoms with Crippen LogP contribution in [0.25, 0.3) is 6.08 Å². The average molecular weight is 543 g/mol. The Morgan fingerprint density at radius 1 is 1.14 bits per heavy atom. The van der Waals surface area contributed by atoms with E-state index in [1.165, 1.54) is 19.2 Å². The van der Waals surface area contributed by atoms with Crippen molar-refractivity contribution >= 4 is 57.8 Å². The second-order valence-corrected chi connectivity index (χ2v) is 9.85. The quantitative estimate of drug-likeness (QED) is 0.295. The summed E-state index contributed by atoms with van der Waals surface area (Å²) in [5, 5.41) is 1.31. The third kappa shape index (κ3) is 5.87. The van der Waals surface area contributed by atoms with Gasteiger partial charge < -0.3 is 9.47 Å². The molecular weight excluding hydrogens is 523 g/mol. The molecule has 3 aromatic carbocycles. The first-order valence-electron chi connectivity index (χ1n) is 10.7. The molecule has 36 heavy (non-hydrogen) atoms. The van der Waals surface area contributed by atoms with E-state index < -0.39 is 11.8 Å². The predicted molar refractivity (Wildman–Crippen MR) is 142 cm³/mol. The molecule has 3 aromatic rings. The lowest BCUT2D eigenvalue weighted by Gasteiger charge is -2.16. The predicted octanol–water partition coefficient (Wildman–Crippen LogP) is 5.92. The van der Waals surface area contributed by atoms with Gasteiger partial charge in [-0.2, -0.15) is 5.01 Å². The number of hydrogen-bond acceptors (Lipinski definition) is 6. The van der Waals surface area contributed by atoms with Gasteiger partial charge in [-0.25, -0.2) is 4.39 Å². The maximum atomic E-state index is 13.1. The zero-order valence-electron chi connectivity index (χ0n) is 19.2. The lowest BCUT2D eigenvalue weighted by Crippen LogP contribution is -2.44. The number of benzene rings is 3. The highest BCUT2D eigenvalue weighted by atomic mass is 35.5. The van der Waals surface area contributed by atoms with Crippen LogP contribution in [-0.4, -0.2) is 28.3 Å². The number of nitrogens with one attached hydrogen (secondary N) is 1. The Morgan fingerprint density at radius 3 is 2.58 bits per heavy atom. The summed E-state index contributed by atoms with van der Waals surface area (Å²) in [5.74, 6) is -0.360. The first-order chi connectivity index (χ1) is 17.2. The Morgan fingerprint density at radius 2 is 1.89 bits per heavy atom. The lowest BCUT2D eigenvalue weighted by atomic mass is 10.1. The van der Waals surface area contributed by atoms with Gasteiger partial charge in [-0.3, -0.25) is 15.0 Å². The molecule has 1 heterocycles. The van der Waals surface area contributed by atoms with Gasteiger partial charge in [-0.05, 0) is 78.3 Å². The van der Waals surface area contributed by atoms with Crippen LogP contribution < -0.4 is 14.9 Å². The van der Waals surface area contributed by atoms with Crippen LogP contribution in [0.5, 0.6) is 11.5 Å². The number of aryl methyl sites for hydroxylation is 1. The van der Waals surface area contributed by atoms with Gasteiger partial charge in [0.2, 0.25) is 0 Å². The highest BCUT2D eigenvalue weighted by molar-refractivity contribution is 8.26. The number of carbonyl (C=O) groups excluding carboxylic acids is 2. The molecule has 0 unspecified atom stereocenters. The van der Waals surface area contributed by atoms with Gasteiger partial charge in [-0.1, -0.05) is 47.6 Å². The topological polar surface area (TPSA) is 67.9 Å². The molecule has 10 heteroatoms. The number of carbonyl (C=O) groups is 2. The Bertz CT molecular complexity index is 1380. The third-order valence-electron chi connectivity index (χ3n) is 5.17. The molecule has 0 radical (unpaired) electrons. The van der Waals surface area contributed by atoms with Crippen molar-refractivity contribution in [2.24, 2.45) is 0 Å². The van der Waals surface area contributed by atoms with Gasteiger partial charge in [0.15, 0.2) is 15.8 Å². The second kappa shape index (κ2) is 11.1. The van der Waals surface area contributed by atoms with Crippen molar-refractivity contribution in [3.05, 3.63) is 98.7 Å². The molecule has 184 valence electrons. The van der Waals surface area contributed by atoms with Crippen molar-refractivity contribution in [1.82, 2.24) is 10.4 Å². The molecule has 0 bridgehead atoms. The molecule has 6 nitrogen and oxygen atoms in total. The van der Waals surface area contributed by atoms with E-state index in [2.05, 4.69) is 5.43 Å². The first kappa shape index (κ1) is 25.7. The fourth-order valence-corrected chi connectivity index (χ4v) is 4.82. The van der Waals surface area contributed by atoms with Gasteiger partial charge >= 0.3 is 0 Å². The van der Waals surface area contributed by atoms with Crippen molar-refractivity contribution in [3.8, 4) is 11.5 Å². The van der Waals surface area contributed by atoms with Crippen LogP contribution in [0.15, 0.2) is 65.6 Å². The second-order valence-electron chi connectivity index (χ2n) is 7.77. The van der Waals surface area contributed by atoms with E-state index in [-0.39, 0.29) is 27.3 Å². The van der Waals surface area contributed by atoms with Crippen molar-refractivity contribution < 1.29 is 23.5 Å². The summed E-state index contributed by atoms with van der Waals surface area (Å²) in [4.78, 5) is 25.9. The molecule has 1 saturated heterocycles. The summed E-state index contributed by atoms with van der Waals surface area (Å²) >= 11 is 12.5. The largest absolute Gasteiger partial charge is 0.493 e. The van der Waals surface area contributed by atoms with Crippen molar-refractivity contribution in [1.29, 1.82) is 0 Å². The van der Waals surface area contributed by atoms with Crippen LogP contribution in [0, 0.1) is 12.7 Å². The lowest BCUT2D eigenvalue weighted by molar-refractivity contribution is -0.123. The summed E-state index contributed by atoms with van der Waals surface area (Å²) in [6.07, 6.45) is 1.65. The normalized spacial score (nSPS) is 14.3. The number of nitrogens with zero attached hydrogens (tertiary/aromatic N) is 1. The Balaban J connectivity index is 1.47. The Labute approximate surface area is 222 Å². The first-order valence-corrected chi connectivity index (χ1v) is 12.3. The number of methoxy groups -OCH3 is 1. The van der Waals surface area contributed by atoms with E-state index >= 15 is 0 Å². The number of hydrogen-bond donors (Lipinski definition) is 1. The van der Waals surface area contributed by atoms with Crippen LogP contribution in [0.3, 0.4) is 0 Å². The standard InChI is InChI=1S/C26H20ClFN2O4S2/c1-15-3-9-19(20(27)11-15)24(31)29-30-25(32)23(36-26(30)35)13-17-6-10-21(22(12-17)33-2)34-14-16-4-7-18(28)8-5-16/h3-13H,14H2,1-2H3,(H,29,31)/b23-13-. The highest BCUT2D eigenvalue weighted by Crippen LogP contribution is 2.34. The van der Waals surface area contributed by atoms with E-state index in [4.69, 9.17) is 33.3 Å². The fourth-order valence-electron chi connectivity index (χ4n) is 3.32. The minimum absolute atomic E-state index is 0.189. The summed E-state index contributed by atoms with van der Waals surface area (Å²) in [6, 6.07) is 16.2. The molecule has 0 saturated carbocycles. The van der Waals surface area contributed by atoms with E-state index in [0.717, 1.165) is 27.9 Å². The number of halogens is 2. The number of ether oxygens (including phenoxy) is 2. The number of hydrazine groups is 1. The molecule has 0 spiro atoms. The number of thiocarbonyl (C=S) groups is 1.